The van der Waals surface area contributed by atoms with Gasteiger partial charge in [-0.15, -0.1) is 0 Å². The number of hydrogen-bond donors (Lipinski definition) is 2. The lowest BCUT2D eigenvalue weighted by atomic mass is 10.0. The van der Waals surface area contributed by atoms with Crippen molar-refractivity contribution in [3.05, 3.63) is 44.8 Å². The molecule has 0 spiro atoms. The lowest BCUT2D eigenvalue weighted by molar-refractivity contribution is -0.430. The lowest BCUT2D eigenvalue weighted by Gasteiger charge is -2.14. The van der Waals surface area contributed by atoms with Crippen LogP contribution in [0.4, 0.5) is 0 Å². The van der Waals surface area contributed by atoms with Crippen LogP contribution in [-0.4, -0.2) is 36.0 Å². The first kappa shape index (κ1) is 26.7. The molecule has 0 aliphatic rings. The third kappa shape index (κ3) is 6.04. The minimum absolute atomic E-state index is 0.102. The minimum atomic E-state index is -0.453. The Morgan fingerprint density at radius 1 is 1.21 bits per heavy atom. The molecule has 0 radical (unpaired) electrons. The van der Waals surface area contributed by atoms with E-state index in [2.05, 4.69) is 16.5 Å². The Hall–Kier alpha value is -1.85. The van der Waals surface area contributed by atoms with Crippen molar-refractivity contribution in [1.29, 1.82) is 0 Å². The summed E-state index contributed by atoms with van der Waals surface area (Å²) in [7, 11) is 0. The third-order valence-electron chi connectivity index (χ3n) is 5.63. The smallest absolute Gasteiger partial charge is 0.370 e. The van der Waals surface area contributed by atoms with Crippen LogP contribution >= 0.6 is 34.9 Å². The van der Waals surface area contributed by atoms with Crippen LogP contribution in [0.3, 0.4) is 0 Å². The Morgan fingerprint density at radius 3 is 2.53 bits per heavy atom. The van der Waals surface area contributed by atoms with Gasteiger partial charge in [0, 0.05) is 25.8 Å². The molecule has 10 heteroatoms. The summed E-state index contributed by atoms with van der Waals surface area (Å²) in [6.45, 7) is 3.93. The fraction of sp³-hybridized carbons (Fsp3) is 0.458. The van der Waals surface area contributed by atoms with Crippen molar-refractivity contribution in [3.63, 3.8) is 0 Å². The predicted octanol–water partition coefficient (Wildman–Crippen LogP) is 2.51. The minimum Gasteiger partial charge on any atom is -0.453 e. The zero-order valence-electron chi connectivity index (χ0n) is 20.2. The highest BCUT2D eigenvalue weighted by Crippen LogP contribution is 2.33. The number of H-pyrrole nitrogens is 1. The molecule has 0 saturated heterocycles. The number of quaternary nitrogens is 2. The summed E-state index contributed by atoms with van der Waals surface area (Å²) in [6.07, 6.45) is 6.07. The Morgan fingerprint density at radius 2 is 1.91 bits per heavy atom. The molecular formula is C24H34N3O4S3+3. The number of thioether (sulfide) groups is 2. The quantitative estimate of drug-likeness (QED) is 0.293. The number of benzene rings is 1. The Labute approximate surface area is 212 Å². The van der Waals surface area contributed by atoms with E-state index in [1.165, 1.54) is 11.3 Å². The molecule has 0 aliphatic carbocycles. The molecule has 0 aliphatic heterocycles. The number of rotatable bonds is 11. The van der Waals surface area contributed by atoms with Crippen molar-refractivity contribution in [2.45, 2.75) is 45.2 Å². The van der Waals surface area contributed by atoms with Gasteiger partial charge in [0.1, 0.15) is 17.4 Å². The zero-order valence-corrected chi connectivity index (χ0v) is 22.6. The summed E-state index contributed by atoms with van der Waals surface area (Å²) < 4.78 is 12.1. The highest BCUT2D eigenvalue weighted by molar-refractivity contribution is 7.98. The van der Waals surface area contributed by atoms with Crippen molar-refractivity contribution in [1.82, 2.24) is 0 Å². The van der Waals surface area contributed by atoms with Crippen molar-refractivity contribution < 1.29 is 30.4 Å². The summed E-state index contributed by atoms with van der Waals surface area (Å²) >= 11 is 4.88. The number of esters is 1. The second-order valence-electron chi connectivity index (χ2n) is 8.23. The van der Waals surface area contributed by atoms with Gasteiger partial charge in [0.15, 0.2) is 23.1 Å². The van der Waals surface area contributed by atoms with Gasteiger partial charge in [0.25, 0.3) is 5.01 Å². The third-order valence-corrected chi connectivity index (χ3v) is 7.93. The Balaban J connectivity index is 2.14. The number of aromatic nitrogens is 1. The van der Waals surface area contributed by atoms with Gasteiger partial charge in [-0.1, -0.05) is 18.3 Å². The van der Waals surface area contributed by atoms with Gasteiger partial charge in [-0.05, 0) is 42.1 Å². The first-order valence-corrected chi connectivity index (χ1v) is 14.9. The Kier molecular flexibility index (Phi) is 9.61. The summed E-state index contributed by atoms with van der Waals surface area (Å²) in [6, 6.07) is 2.82. The van der Waals surface area contributed by atoms with E-state index in [1.807, 2.05) is 31.7 Å². The number of carbonyl (C=O) groups is 1. The average molecular weight is 525 g/mol. The number of ether oxygens (including phenoxy) is 1. The summed E-state index contributed by atoms with van der Waals surface area (Å²) in [4.78, 5) is 29.7. The molecular weight excluding hydrogens is 490 g/mol. The van der Waals surface area contributed by atoms with E-state index in [9.17, 15) is 9.59 Å². The molecule has 2 atom stereocenters. The van der Waals surface area contributed by atoms with Crippen molar-refractivity contribution >= 4 is 51.8 Å². The fourth-order valence-electron chi connectivity index (χ4n) is 3.63. The number of thiazole rings is 1. The average Bonchev–Trinajstić information content (AvgIpc) is 3.25. The first-order chi connectivity index (χ1) is 16.3. The van der Waals surface area contributed by atoms with Crippen molar-refractivity contribution in [2.75, 3.05) is 24.0 Å². The van der Waals surface area contributed by atoms with Gasteiger partial charge in [-0.25, -0.2) is 4.79 Å². The molecule has 2 aromatic heterocycles. The topological polar surface area (TPSA) is 126 Å². The molecule has 0 saturated carbocycles. The van der Waals surface area contributed by atoms with Gasteiger partial charge >= 0.3 is 5.97 Å². The molecule has 7 N–H and O–H groups in total. The van der Waals surface area contributed by atoms with E-state index < -0.39 is 6.04 Å². The second kappa shape index (κ2) is 12.2. The fourth-order valence-corrected chi connectivity index (χ4v) is 5.55. The molecule has 0 bridgehead atoms. The summed E-state index contributed by atoms with van der Waals surface area (Å²) in [5.74, 6) is 2.34. The molecule has 7 nitrogen and oxygen atoms in total. The number of aromatic amines is 1. The van der Waals surface area contributed by atoms with Crippen LogP contribution in [0, 0.1) is 6.92 Å². The monoisotopic (exact) mass is 524 g/mol. The van der Waals surface area contributed by atoms with Gasteiger partial charge in [0.2, 0.25) is 5.43 Å². The van der Waals surface area contributed by atoms with Gasteiger partial charge in [-0.2, -0.15) is 28.5 Å². The van der Waals surface area contributed by atoms with Crippen LogP contribution in [0.2, 0.25) is 0 Å². The van der Waals surface area contributed by atoms with Crippen LogP contribution in [0.5, 0.6) is 5.75 Å². The second-order valence-corrected chi connectivity index (χ2v) is 11.1. The Bertz CT molecular complexity index is 1210. The molecule has 3 aromatic rings. The summed E-state index contributed by atoms with van der Waals surface area (Å²) in [5.41, 5.74) is 10.8. The predicted molar refractivity (Wildman–Crippen MR) is 140 cm³/mol. The standard InChI is InChI=1S/C24H31N3O4S3/c1-5-14-10-15-19(11-18(14)31-24(29)17(26)7-9-33-4)30-22(16(25)6-8-32-3)20(21(15)28)23-27-13(2)12-34-23/h10-12,16-17H,5-9,25-26H2,1-4H3/p+3. The van der Waals surface area contributed by atoms with E-state index in [1.54, 1.807) is 35.7 Å². The maximum Gasteiger partial charge on any atom is 0.370 e. The van der Waals surface area contributed by atoms with E-state index in [0.29, 0.717) is 40.9 Å². The lowest BCUT2D eigenvalue weighted by Crippen LogP contribution is -2.66. The van der Waals surface area contributed by atoms with Gasteiger partial charge in [-0.3, -0.25) is 4.79 Å². The van der Waals surface area contributed by atoms with Crippen LogP contribution in [0.15, 0.2) is 26.7 Å². The molecule has 184 valence electrons. The molecule has 3 rings (SSSR count). The van der Waals surface area contributed by atoms with Crippen LogP contribution in [0.1, 0.15) is 42.8 Å². The van der Waals surface area contributed by atoms with Crippen molar-refractivity contribution in [2.24, 2.45) is 0 Å². The van der Waals surface area contributed by atoms with Crippen LogP contribution < -0.4 is 26.6 Å². The number of aryl methyl sites for hydroxylation is 2. The van der Waals surface area contributed by atoms with Crippen LogP contribution in [0.25, 0.3) is 21.5 Å². The maximum absolute atomic E-state index is 13.7. The van der Waals surface area contributed by atoms with Crippen molar-refractivity contribution in [3.8, 4) is 16.3 Å². The number of hydrogen-bond acceptors (Lipinski definition) is 7. The highest BCUT2D eigenvalue weighted by Gasteiger charge is 2.29. The normalized spacial score (nSPS) is 13.2. The largest absolute Gasteiger partial charge is 0.453 e. The summed E-state index contributed by atoms with van der Waals surface area (Å²) in [5, 5.41) is 3.22. The molecule has 0 amide bonds. The molecule has 1 aromatic carbocycles. The number of carbonyl (C=O) groups excluding carboxylic acids is 1. The van der Waals surface area contributed by atoms with E-state index in [0.717, 1.165) is 34.2 Å². The van der Waals surface area contributed by atoms with Crippen LogP contribution in [-0.2, 0) is 11.2 Å². The maximum atomic E-state index is 13.7. The van der Waals surface area contributed by atoms with E-state index in [-0.39, 0.29) is 17.4 Å². The molecule has 2 heterocycles. The van der Waals surface area contributed by atoms with E-state index >= 15 is 0 Å². The van der Waals surface area contributed by atoms with E-state index in [4.69, 9.17) is 9.15 Å². The number of nitrogens with one attached hydrogen (secondary N) is 1. The first-order valence-electron chi connectivity index (χ1n) is 11.3. The SMILES string of the molecule is CCc1cc2c(=O)c(-c3[nH+]c(C)cs3)c(C([NH3+])CCSC)oc2cc1OC(=O)C([NH3+])CCSC. The number of fused-ring (bicyclic) bond motifs is 1. The molecule has 34 heavy (non-hydrogen) atoms. The molecule has 0 fully saturated rings. The molecule has 2 unspecified atom stereocenters. The zero-order chi connectivity index (χ0) is 24.8. The van der Waals surface area contributed by atoms with Gasteiger partial charge in [0.05, 0.1) is 10.8 Å². The highest BCUT2D eigenvalue weighted by atomic mass is 32.2. The van der Waals surface area contributed by atoms with Gasteiger partial charge < -0.3 is 20.6 Å².